The smallest absolute Gasteiger partial charge is 0.322 e. The molecule has 0 unspecified atom stereocenters. The van der Waals surface area contributed by atoms with Crippen molar-refractivity contribution in [3.05, 3.63) is 42.9 Å². The largest absolute Gasteiger partial charge is 0.424 e. The molecule has 1 aromatic carbocycles. The van der Waals surface area contributed by atoms with Crippen LogP contribution in [0.15, 0.2) is 42.9 Å². The van der Waals surface area contributed by atoms with Gasteiger partial charge in [-0.25, -0.2) is 15.0 Å². The average molecular weight is 367 g/mol. The highest BCUT2D eigenvalue weighted by Gasteiger charge is 2.22. The molecule has 0 atom stereocenters. The summed E-state index contributed by atoms with van der Waals surface area (Å²) in [4.78, 5) is 27.3. The van der Waals surface area contributed by atoms with Crippen LogP contribution < -0.4 is 15.4 Å². The first-order valence-corrected chi connectivity index (χ1v) is 9.13. The van der Waals surface area contributed by atoms with Crippen LogP contribution in [0.3, 0.4) is 0 Å². The molecule has 3 heterocycles. The number of hydrogen-bond acceptors (Lipinski definition) is 7. The van der Waals surface area contributed by atoms with Crippen molar-refractivity contribution in [1.29, 1.82) is 0 Å². The van der Waals surface area contributed by atoms with Crippen LogP contribution in [-0.4, -0.2) is 27.4 Å². The van der Waals surface area contributed by atoms with Gasteiger partial charge in [0.15, 0.2) is 5.13 Å². The Morgan fingerprint density at radius 3 is 2.54 bits per heavy atom. The lowest BCUT2D eigenvalue weighted by Crippen LogP contribution is -2.34. The third-order valence-corrected chi connectivity index (χ3v) is 5.11. The van der Waals surface area contributed by atoms with Crippen molar-refractivity contribution in [2.75, 3.05) is 17.2 Å². The van der Waals surface area contributed by atoms with Gasteiger partial charge in [0.25, 0.3) is 0 Å². The van der Waals surface area contributed by atoms with Crippen LogP contribution in [-0.2, 0) is 4.79 Å². The van der Waals surface area contributed by atoms with Gasteiger partial charge in [-0.15, -0.1) is 0 Å². The van der Waals surface area contributed by atoms with Gasteiger partial charge in [0, 0.05) is 19.2 Å². The van der Waals surface area contributed by atoms with Gasteiger partial charge < -0.3 is 10.5 Å². The van der Waals surface area contributed by atoms with E-state index in [-0.39, 0.29) is 11.9 Å². The van der Waals surface area contributed by atoms with E-state index in [9.17, 15) is 4.79 Å². The second kappa shape index (κ2) is 7.09. The summed E-state index contributed by atoms with van der Waals surface area (Å²) in [6.45, 7) is 0.750. The van der Waals surface area contributed by atoms with Crippen molar-refractivity contribution in [2.45, 2.75) is 19.3 Å². The Morgan fingerprint density at radius 2 is 1.81 bits per heavy atom. The Bertz CT molecular complexity index is 908. The van der Waals surface area contributed by atoms with Crippen LogP contribution >= 0.6 is 11.3 Å². The molecule has 2 N–H and O–H groups in total. The Kier molecular flexibility index (Phi) is 4.49. The molecule has 4 rings (SSSR count). The van der Waals surface area contributed by atoms with Crippen LogP contribution in [0.5, 0.6) is 11.8 Å². The van der Waals surface area contributed by atoms with Gasteiger partial charge in [0.05, 0.1) is 23.0 Å². The number of rotatable bonds is 4. The number of ether oxygens (including phenoxy) is 1. The number of benzene rings is 1. The molecule has 1 saturated heterocycles. The van der Waals surface area contributed by atoms with Crippen LogP contribution in [0.2, 0.25) is 0 Å². The molecule has 1 amide bonds. The first-order chi connectivity index (χ1) is 12.7. The maximum atomic E-state index is 12.0. The second-order valence-corrected chi connectivity index (χ2v) is 6.94. The Hall–Kier alpha value is -3.00. The average Bonchev–Trinajstić information content (AvgIpc) is 3.14. The number of thiazole rings is 1. The van der Waals surface area contributed by atoms with Gasteiger partial charge in [-0.1, -0.05) is 11.3 Å². The van der Waals surface area contributed by atoms with Crippen molar-refractivity contribution in [2.24, 2.45) is 0 Å². The molecule has 132 valence electrons. The number of nitrogens with two attached hydrogens (primary N) is 1. The number of carbonyl (C=O) groups excluding carboxylic acids is 1. The number of aromatic nitrogens is 3. The predicted octanol–water partition coefficient (Wildman–Crippen LogP) is 3.49. The Labute approximate surface area is 154 Å². The molecule has 1 aliphatic heterocycles. The molecular weight excluding hydrogens is 350 g/mol. The van der Waals surface area contributed by atoms with Gasteiger partial charge in [0.1, 0.15) is 5.75 Å². The van der Waals surface area contributed by atoms with E-state index in [1.807, 2.05) is 24.3 Å². The zero-order chi connectivity index (χ0) is 17.9. The van der Waals surface area contributed by atoms with E-state index >= 15 is 0 Å². The Balaban J connectivity index is 1.48. The molecule has 3 aromatic rings. The molecule has 1 aliphatic rings. The lowest BCUT2D eigenvalue weighted by molar-refractivity contribution is -0.119. The van der Waals surface area contributed by atoms with Gasteiger partial charge >= 0.3 is 6.01 Å². The Morgan fingerprint density at radius 1 is 1.04 bits per heavy atom. The van der Waals surface area contributed by atoms with E-state index in [2.05, 4.69) is 15.0 Å². The molecule has 0 aliphatic carbocycles. The number of hydrogen-bond donors (Lipinski definition) is 1. The molecule has 0 bridgehead atoms. The summed E-state index contributed by atoms with van der Waals surface area (Å²) < 4.78 is 5.60. The quantitative estimate of drug-likeness (QED) is 0.758. The number of carbonyl (C=O) groups is 1. The third-order valence-electron chi connectivity index (χ3n) is 4.04. The number of nitrogens with zero attached hydrogens (tertiary/aromatic N) is 4. The van der Waals surface area contributed by atoms with Crippen LogP contribution in [0, 0.1) is 0 Å². The predicted molar refractivity (Wildman–Crippen MR) is 100 cm³/mol. The summed E-state index contributed by atoms with van der Waals surface area (Å²) >= 11 is 1.52. The summed E-state index contributed by atoms with van der Waals surface area (Å²) in [6, 6.07) is 7.83. The normalized spacial score (nSPS) is 14.5. The first-order valence-electron chi connectivity index (χ1n) is 8.31. The summed E-state index contributed by atoms with van der Waals surface area (Å²) in [5.74, 6) is 0.791. The number of piperidine rings is 1. The van der Waals surface area contributed by atoms with Gasteiger partial charge in [-0.2, -0.15) is 0 Å². The minimum atomic E-state index is 0.157. The van der Waals surface area contributed by atoms with E-state index in [0.29, 0.717) is 17.9 Å². The highest BCUT2D eigenvalue weighted by atomic mass is 32.1. The molecule has 26 heavy (non-hydrogen) atoms. The highest BCUT2D eigenvalue weighted by Crippen LogP contribution is 2.33. The molecule has 0 spiro atoms. The van der Waals surface area contributed by atoms with Crippen molar-refractivity contribution in [1.82, 2.24) is 15.0 Å². The zero-order valence-electron chi connectivity index (χ0n) is 14.0. The van der Waals surface area contributed by atoms with Crippen molar-refractivity contribution in [3.63, 3.8) is 0 Å². The second-order valence-electron chi connectivity index (χ2n) is 5.93. The summed E-state index contributed by atoms with van der Waals surface area (Å²) in [6.07, 6.45) is 7.40. The maximum Gasteiger partial charge on any atom is 0.322 e. The van der Waals surface area contributed by atoms with Crippen molar-refractivity contribution >= 4 is 28.1 Å². The van der Waals surface area contributed by atoms with Gasteiger partial charge in [-0.05, 0) is 42.7 Å². The monoisotopic (exact) mass is 367 g/mol. The third kappa shape index (κ3) is 3.50. The van der Waals surface area contributed by atoms with Gasteiger partial charge in [0.2, 0.25) is 5.91 Å². The minimum Gasteiger partial charge on any atom is -0.424 e. The highest BCUT2D eigenvalue weighted by molar-refractivity contribution is 7.19. The minimum absolute atomic E-state index is 0.157. The molecule has 0 saturated carbocycles. The number of amides is 1. The van der Waals surface area contributed by atoms with Crippen LogP contribution in [0.4, 0.5) is 10.8 Å². The molecule has 0 radical (unpaired) electrons. The van der Waals surface area contributed by atoms with E-state index in [1.54, 1.807) is 11.1 Å². The lowest BCUT2D eigenvalue weighted by atomic mass is 10.1. The molecule has 2 aromatic heterocycles. The topological polar surface area (TPSA) is 94.2 Å². The maximum absolute atomic E-state index is 12.0. The summed E-state index contributed by atoms with van der Waals surface area (Å²) in [5, 5.41) is 0.764. The van der Waals surface area contributed by atoms with E-state index in [1.165, 1.54) is 23.7 Å². The van der Waals surface area contributed by atoms with Crippen molar-refractivity contribution in [3.8, 4) is 22.2 Å². The van der Waals surface area contributed by atoms with Gasteiger partial charge in [-0.3, -0.25) is 9.69 Å². The summed E-state index contributed by atoms with van der Waals surface area (Å²) in [5.41, 5.74) is 7.06. The standard InChI is InChI=1S/C18H17N5O2S/c19-13-9-20-17(21-10-13)25-14-6-4-12(5-7-14)15-11-22-18(26-15)23-8-2-1-3-16(23)24/h4-7,9-11H,1-3,8,19H2. The van der Waals surface area contributed by atoms with Crippen LogP contribution in [0.1, 0.15) is 19.3 Å². The lowest BCUT2D eigenvalue weighted by Gasteiger charge is -2.23. The molecule has 8 heteroatoms. The molecule has 1 fully saturated rings. The van der Waals surface area contributed by atoms with Crippen molar-refractivity contribution < 1.29 is 9.53 Å². The SMILES string of the molecule is Nc1cnc(Oc2ccc(-c3cnc(N4CCCCC4=O)s3)cc2)nc1. The fourth-order valence-corrected chi connectivity index (χ4v) is 3.67. The first kappa shape index (κ1) is 16.5. The fraction of sp³-hybridized carbons (Fsp3) is 0.222. The molecule has 7 nitrogen and oxygen atoms in total. The number of nitrogen functional groups attached to an aromatic ring is 1. The van der Waals surface area contributed by atoms with E-state index < -0.39 is 0 Å². The van der Waals surface area contributed by atoms with E-state index in [4.69, 9.17) is 10.5 Å². The fourth-order valence-electron chi connectivity index (χ4n) is 2.70. The summed E-state index contributed by atoms with van der Waals surface area (Å²) in [7, 11) is 0. The van der Waals surface area contributed by atoms with Crippen LogP contribution in [0.25, 0.3) is 10.4 Å². The van der Waals surface area contributed by atoms with E-state index in [0.717, 1.165) is 35.0 Å². The number of anilines is 2. The zero-order valence-corrected chi connectivity index (χ0v) is 14.8. The molecular formula is C18H17N5O2S.